The van der Waals surface area contributed by atoms with Crippen molar-refractivity contribution >= 4 is 23.5 Å². The van der Waals surface area contributed by atoms with E-state index in [-0.39, 0.29) is 16.9 Å². The maximum absolute atomic E-state index is 11.5. The summed E-state index contributed by atoms with van der Waals surface area (Å²) in [6.45, 7) is 1.81. The van der Waals surface area contributed by atoms with Gasteiger partial charge in [-0.15, -0.1) is 0 Å². The molecule has 1 aliphatic heterocycles. The molecule has 1 amide bonds. The van der Waals surface area contributed by atoms with E-state index in [0.717, 1.165) is 25.9 Å². The summed E-state index contributed by atoms with van der Waals surface area (Å²) in [5.74, 6) is 0.570. The third-order valence-electron chi connectivity index (χ3n) is 3.23. The number of nitrogens with zero attached hydrogens (tertiary/aromatic N) is 6. The average molecular weight is 308 g/mol. The lowest BCUT2D eigenvalue weighted by Gasteiger charge is -2.15. The molecule has 2 aromatic rings. The maximum atomic E-state index is 11.5. The van der Waals surface area contributed by atoms with E-state index >= 15 is 0 Å². The summed E-state index contributed by atoms with van der Waals surface area (Å²) >= 11 is 5.97. The summed E-state index contributed by atoms with van der Waals surface area (Å²) in [5, 5.41) is 6.76. The number of nitrogens with one attached hydrogen (secondary N) is 1. The molecule has 1 N–H and O–H groups in total. The summed E-state index contributed by atoms with van der Waals surface area (Å²) in [6, 6.07) is 1.59. The minimum Gasteiger partial charge on any atom is -0.354 e. The van der Waals surface area contributed by atoms with Gasteiger partial charge in [0.25, 0.3) is 11.9 Å². The monoisotopic (exact) mass is 307 g/mol. The molecule has 0 radical (unpaired) electrons. The zero-order valence-electron chi connectivity index (χ0n) is 11.5. The van der Waals surface area contributed by atoms with Crippen LogP contribution in [0.4, 0.5) is 5.95 Å². The molecule has 1 saturated heterocycles. The molecule has 0 aliphatic carbocycles. The van der Waals surface area contributed by atoms with Crippen molar-refractivity contribution in [1.29, 1.82) is 0 Å². The Balaban J connectivity index is 1.94. The van der Waals surface area contributed by atoms with Crippen LogP contribution in [0.5, 0.6) is 0 Å². The second-order valence-electron chi connectivity index (χ2n) is 4.62. The minimum atomic E-state index is -0.270. The number of carbonyl (C=O) groups excluding carboxylic acids is 1. The van der Waals surface area contributed by atoms with Gasteiger partial charge >= 0.3 is 0 Å². The Morgan fingerprint density at radius 2 is 1.95 bits per heavy atom. The van der Waals surface area contributed by atoms with Crippen molar-refractivity contribution in [1.82, 2.24) is 30.0 Å². The highest BCUT2D eigenvalue weighted by Crippen LogP contribution is 2.18. The fraction of sp³-hybridized carbons (Fsp3) is 0.417. The SMILES string of the molecule is CNC(=O)c1ccn(-c2nc(Cl)nc(N3CCCC3)n2)n1. The molecule has 9 heteroatoms. The van der Waals surface area contributed by atoms with E-state index in [0.29, 0.717) is 11.9 Å². The van der Waals surface area contributed by atoms with Gasteiger partial charge in [0, 0.05) is 26.3 Å². The van der Waals surface area contributed by atoms with Gasteiger partial charge < -0.3 is 10.2 Å². The Hall–Kier alpha value is -2.22. The zero-order chi connectivity index (χ0) is 14.8. The molecule has 8 nitrogen and oxygen atoms in total. The number of hydrogen-bond donors (Lipinski definition) is 1. The summed E-state index contributed by atoms with van der Waals surface area (Å²) < 4.78 is 1.41. The Kier molecular flexibility index (Phi) is 3.70. The van der Waals surface area contributed by atoms with Gasteiger partial charge in [-0.25, -0.2) is 4.68 Å². The Morgan fingerprint density at radius 3 is 2.67 bits per heavy atom. The Bertz CT molecular complexity index is 665. The molecule has 0 saturated carbocycles. The predicted molar refractivity (Wildman–Crippen MR) is 76.8 cm³/mol. The van der Waals surface area contributed by atoms with E-state index in [2.05, 4.69) is 30.3 Å². The number of hydrogen-bond acceptors (Lipinski definition) is 6. The summed E-state index contributed by atoms with van der Waals surface area (Å²) in [5.41, 5.74) is 0.289. The van der Waals surface area contributed by atoms with E-state index < -0.39 is 0 Å². The van der Waals surface area contributed by atoms with Gasteiger partial charge in [-0.1, -0.05) is 0 Å². The highest BCUT2D eigenvalue weighted by atomic mass is 35.5. The van der Waals surface area contributed by atoms with Crippen LogP contribution in [0.2, 0.25) is 5.28 Å². The van der Waals surface area contributed by atoms with Crippen molar-refractivity contribution in [3.8, 4) is 5.95 Å². The topological polar surface area (TPSA) is 88.8 Å². The number of amides is 1. The van der Waals surface area contributed by atoms with Gasteiger partial charge in [0.05, 0.1) is 0 Å². The molecule has 0 unspecified atom stereocenters. The fourth-order valence-electron chi connectivity index (χ4n) is 2.17. The van der Waals surface area contributed by atoms with Crippen LogP contribution in [0.1, 0.15) is 23.3 Å². The molecule has 0 aromatic carbocycles. The van der Waals surface area contributed by atoms with Gasteiger partial charge in [-0.3, -0.25) is 4.79 Å². The Labute approximate surface area is 126 Å². The first-order valence-electron chi connectivity index (χ1n) is 6.62. The largest absolute Gasteiger partial charge is 0.354 e. The van der Waals surface area contributed by atoms with Crippen LogP contribution in [0.25, 0.3) is 5.95 Å². The predicted octanol–water partition coefficient (Wildman–Crippen LogP) is 0.670. The highest BCUT2D eigenvalue weighted by molar-refractivity contribution is 6.28. The fourth-order valence-corrected chi connectivity index (χ4v) is 2.33. The van der Waals surface area contributed by atoms with Crippen molar-refractivity contribution in [2.24, 2.45) is 0 Å². The molecule has 0 spiro atoms. The summed E-state index contributed by atoms with van der Waals surface area (Å²) in [4.78, 5) is 26.2. The normalized spacial score (nSPS) is 14.5. The minimum absolute atomic E-state index is 0.110. The molecule has 110 valence electrons. The molecule has 21 heavy (non-hydrogen) atoms. The molecular formula is C12H14ClN7O. The van der Waals surface area contributed by atoms with Crippen molar-refractivity contribution in [3.05, 3.63) is 23.2 Å². The molecule has 0 atom stereocenters. The molecule has 1 fully saturated rings. The molecule has 3 rings (SSSR count). The molecule has 3 heterocycles. The zero-order valence-corrected chi connectivity index (χ0v) is 12.2. The first kappa shape index (κ1) is 13.7. The van der Waals surface area contributed by atoms with E-state index in [4.69, 9.17) is 11.6 Å². The third kappa shape index (κ3) is 2.80. The second kappa shape index (κ2) is 5.65. The molecular weight excluding hydrogens is 294 g/mol. The van der Waals surface area contributed by atoms with Crippen molar-refractivity contribution in [3.63, 3.8) is 0 Å². The molecule has 0 bridgehead atoms. The second-order valence-corrected chi connectivity index (χ2v) is 4.96. The number of anilines is 1. The smallest absolute Gasteiger partial charge is 0.271 e. The van der Waals surface area contributed by atoms with Gasteiger partial charge in [-0.05, 0) is 30.5 Å². The van der Waals surface area contributed by atoms with Crippen LogP contribution < -0.4 is 10.2 Å². The van der Waals surface area contributed by atoms with E-state index in [1.54, 1.807) is 19.3 Å². The number of carbonyl (C=O) groups is 1. The van der Waals surface area contributed by atoms with Crippen molar-refractivity contribution < 1.29 is 4.79 Å². The van der Waals surface area contributed by atoms with Gasteiger partial charge in [-0.2, -0.15) is 20.1 Å². The van der Waals surface area contributed by atoms with Crippen LogP contribution in [0, 0.1) is 0 Å². The van der Waals surface area contributed by atoms with Crippen LogP contribution in [-0.4, -0.2) is 50.8 Å². The maximum Gasteiger partial charge on any atom is 0.271 e. The first-order chi connectivity index (χ1) is 10.2. The van der Waals surface area contributed by atoms with Gasteiger partial charge in [0.2, 0.25) is 11.2 Å². The van der Waals surface area contributed by atoms with Crippen molar-refractivity contribution in [2.75, 3.05) is 25.0 Å². The summed E-state index contributed by atoms with van der Waals surface area (Å²) in [6.07, 6.45) is 3.84. The van der Waals surface area contributed by atoms with Gasteiger partial charge in [0.15, 0.2) is 5.69 Å². The number of rotatable bonds is 3. The Morgan fingerprint density at radius 1 is 1.24 bits per heavy atom. The van der Waals surface area contributed by atoms with Crippen LogP contribution in [0.3, 0.4) is 0 Å². The number of halogens is 1. The standard InChI is InChI=1S/C12H14ClN7O/c1-14-9(21)8-4-7-20(18-8)12-16-10(13)15-11(17-12)19-5-2-3-6-19/h4,7H,2-3,5-6H2,1H3,(H,14,21). The van der Waals surface area contributed by atoms with E-state index in [1.807, 2.05) is 0 Å². The first-order valence-corrected chi connectivity index (χ1v) is 7.00. The lowest BCUT2D eigenvalue weighted by molar-refractivity contribution is 0.0957. The van der Waals surface area contributed by atoms with Crippen molar-refractivity contribution in [2.45, 2.75) is 12.8 Å². The molecule has 1 aliphatic rings. The average Bonchev–Trinajstić information content (AvgIpc) is 3.17. The van der Waals surface area contributed by atoms with Crippen LogP contribution >= 0.6 is 11.6 Å². The van der Waals surface area contributed by atoms with E-state index in [9.17, 15) is 4.79 Å². The number of aromatic nitrogens is 5. The van der Waals surface area contributed by atoms with Crippen LogP contribution in [-0.2, 0) is 0 Å². The quantitative estimate of drug-likeness (QED) is 0.896. The van der Waals surface area contributed by atoms with Crippen LogP contribution in [0.15, 0.2) is 12.3 Å². The lowest BCUT2D eigenvalue weighted by Crippen LogP contribution is -2.22. The molecule has 2 aromatic heterocycles. The third-order valence-corrected chi connectivity index (χ3v) is 3.40. The lowest BCUT2D eigenvalue weighted by atomic mass is 10.4. The summed E-state index contributed by atoms with van der Waals surface area (Å²) in [7, 11) is 1.55. The highest BCUT2D eigenvalue weighted by Gasteiger charge is 2.18. The van der Waals surface area contributed by atoms with Gasteiger partial charge in [0.1, 0.15) is 0 Å². The van der Waals surface area contributed by atoms with E-state index in [1.165, 1.54) is 4.68 Å².